The highest BCUT2D eigenvalue weighted by atomic mass is 16.2. The van der Waals surface area contributed by atoms with Gasteiger partial charge in [0.05, 0.1) is 0 Å². The minimum absolute atomic E-state index is 0.231. The van der Waals surface area contributed by atoms with Gasteiger partial charge in [-0.2, -0.15) is 0 Å². The molecule has 1 unspecified atom stereocenters. The molecule has 3 aromatic rings. The molecule has 1 heterocycles. The molecule has 0 bridgehead atoms. The summed E-state index contributed by atoms with van der Waals surface area (Å²) in [7, 11) is 0. The number of rotatable bonds is 4. The van der Waals surface area contributed by atoms with Crippen molar-refractivity contribution in [3.8, 4) is 0 Å². The van der Waals surface area contributed by atoms with Gasteiger partial charge in [0.2, 0.25) is 0 Å². The van der Waals surface area contributed by atoms with E-state index < -0.39 is 0 Å². The van der Waals surface area contributed by atoms with Gasteiger partial charge in [0.25, 0.3) is 0 Å². The van der Waals surface area contributed by atoms with Crippen LogP contribution in [0.4, 0.5) is 16.2 Å². The van der Waals surface area contributed by atoms with Crippen molar-refractivity contribution in [1.29, 1.82) is 0 Å². The van der Waals surface area contributed by atoms with Gasteiger partial charge in [0, 0.05) is 34.0 Å². The third kappa shape index (κ3) is 3.44. The number of carbonyl (C=O) groups is 1. The van der Waals surface area contributed by atoms with Crippen LogP contribution in [-0.4, -0.2) is 23.6 Å². The Labute approximate surface area is 153 Å². The number of aromatic amines is 1. The molecule has 26 heavy (non-hydrogen) atoms. The van der Waals surface area contributed by atoms with Gasteiger partial charge >= 0.3 is 6.03 Å². The van der Waals surface area contributed by atoms with Crippen molar-refractivity contribution in [1.82, 2.24) is 10.3 Å². The van der Waals surface area contributed by atoms with Gasteiger partial charge in [-0.3, -0.25) is 0 Å². The summed E-state index contributed by atoms with van der Waals surface area (Å²) in [5.41, 5.74) is 5.43. The smallest absolute Gasteiger partial charge is 0.323 e. The largest absolute Gasteiger partial charge is 0.358 e. The highest BCUT2D eigenvalue weighted by molar-refractivity contribution is 6.01. The predicted octanol–water partition coefficient (Wildman–Crippen LogP) is 4.28. The molecule has 134 valence electrons. The van der Waals surface area contributed by atoms with Gasteiger partial charge in [-0.25, -0.2) is 4.79 Å². The van der Waals surface area contributed by atoms with Crippen molar-refractivity contribution in [2.24, 2.45) is 0 Å². The maximum atomic E-state index is 12.2. The molecular weight excluding hydrogens is 324 g/mol. The first-order valence-corrected chi connectivity index (χ1v) is 9.23. The number of urea groups is 1. The number of benzene rings is 2. The van der Waals surface area contributed by atoms with Crippen LogP contribution in [0.3, 0.4) is 0 Å². The third-order valence-corrected chi connectivity index (χ3v) is 4.97. The zero-order valence-corrected chi connectivity index (χ0v) is 14.9. The van der Waals surface area contributed by atoms with Crippen LogP contribution < -0.4 is 16.0 Å². The second-order valence-corrected chi connectivity index (χ2v) is 6.79. The van der Waals surface area contributed by atoms with Crippen LogP contribution in [0.5, 0.6) is 0 Å². The minimum atomic E-state index is -0.231. The quantitative estimate of drug-likeness (QED) is 0.568. The SMILES string of the molecule is CCNC1CCc2[nH]c3ccc(NC(=O)Nc4ccccc4)cc3c2C1. The summed E-state index contributed by atoms with van der Waals surface area (Å²) >= 11 is 0. The molecule has 2 amide bonds. The monoisotopic (exact) mass is 348 g/mol. The second-order valence-electron chi connectivity index (χ2n) is 6.79. The molecule has 1 aliphatic carbocycles. The van der Waals surface area contributed by atoms with Crippen molar-refractivity contribution in [2.45, 2.75) is 32.2 Å². The van der Waals surface area contributed by atoms with Crippen LogP contribution in [0, 0.1) is 0 Å². The molecule has 0 aliphatic heterocycles. The van der Waals surface area contributed by atoms with Crippen molar-refractivity contribution in [3.05, 3.63) is 59.8 Å². The zero-order valence-electron chi connectivity index (χ0n) is 14.9. The molecule has 5 nitrogen and oxygen atoms in total. The fourth-order valence-corrected chi connectivity index (χ4v) is 3.77. The molecule has 0 radical (unpaired) electrons. The molecular formula is C21H24N4O. The number of likely N-dealkylation sites (N-methyl/N-ethyl adjacent to an activating group) is 1. The normalized spacial score (nSPS) is 16.3. The number of H-pyrrole nitrogens is 1. The minimum Gasteiger partial charge on any atom is -0.358 e. The van der Waals surface area contributed by atoms with Gasteiger partial charge in [-0.05, 0) is 61.7 Å². The van der Waals surface area contributed by atoms with Crippen LogP contribution in [-0.2, 0) is 12.8 Å². The van der Waals surface area contributed by atoms with Crippen molar-refractivity contribution < 1.29 is 4.79 Å². The molecule has 5 heteroatoms. The first-order valence-electron chi connectivity index (χ1n) is 9.23. The number of aromatic nitrogens is 1. The van der Waals surface area contributed by atoms with Crippen LogP contribution in [0.15, 0.2) is 48.5 Å². The summed E-state index contributed by atoms with van der Waals surface area (Å²) in [5.74, 6) is 0. The van der Waals surface area contributed by atoms with E-state index in [4.69, 9.17) is 0 Å². The maximum absolute atomic E-state index is 12.2. The number of amides is 2. The van der Waals surface area contributed by atoms with Gasteiger partial charge in [0.15, 0.2) is 0 Å². The Morgan fingerprint density at radius 3 is 2.73 bits per heavy atom. The van der Waals surface area contributed by atoms with Gasteiger partial charge < -0.3 is 20.9 Å². The number of fused-ring (bicyclic) bond motifs is 3. The number of carbonyl (C=O) groups excluding carboxylic acids is 1. The Kier molecular flexibility index (Phi) is 4.63. The Balaban J connectivity index is 1.54. The molecule has 0 fully saturated rings. The van der Waals surface area contributed by atoms with E-state index in [1.807, 2.05) is 42.5 Å². The van der Waals surface area contributed by atoms with Crippen molar-refractivity contribution in [2.75, 3.05) is 17.2 Å². The summed E-state index contributed by atoms with van der Waals surface area (Å²) in [6, 6.07) is 15.8. The van der Waals surface area contributed by atoms with Crippen molar-refractivity contribution in [3.63, 3.8) is 0 Å². The lowest BCUT2D eigenvalue weighted by molar-refractivity contribution is 0.262. The maximum Gasteiger partial charge on any atom is 0.323 e. The van der Waals surface area contributed by atoms with Crippen LogP contribution in [0.2, 0.25) is 0 Å². The Hall–Kier alpha value is -2.79. The summed E-state index contributed by atoms with van der Waals surface area (Å²) in [6.45, 7) is 3.15. The Morgan fingerprint density at radius 1 is 1.12 bits per heavy atom. The molecule has 1 aromatic heterocycles. The van der Waals surface area contributed by atoms with E-state index in [-0.39, 0.29) is 6.03 Å². The first kappa shape index (κ1) is 16.7. The standard InChI is InChI=1S/C21H24N4O/c1-2-22-15-8-10-19-17(12-15)18-13-16(9-11-20(18)25-19)24-21(26)23-14-6-4-3-5-7-14/h3-7,9,11,13,15,22,25H,2,8,10,12H2,1H3,(H2,23,24,26). The molecule has 2 aromatic carbocycles. The third-order valence-electron chi connectivity index (χ3n) is 4.97. The fraction of sp³-hybridized carbons (Fsp3) is 0.286. The van der Waals surface area contributed by atoms with Crippen LogP contribution in [0.1, 0.15) is 24.6 Å². The highest BCUT2D eigenvalue weighted by Crippen LogP contribution is 2.31. The molecule has 1 aliphatic rings. The van der Waals surface area contributed by atoms with E-state index in [1.54, 1.807) is 0 Å². The van der Waals surface area contributed by atoms with E-state index in [1.165, 1.54) is 16.6 Å². The molecule has 0 saturated carbocycles. The molecule has 4 N–H and O–H groups in total. The highest BCUT2D eigenvalue weighted by Gasteiger charge is 2.22. The predicted molar refractivity (Wildman–Crippen MR) is 107 cm³/mol. The number of hydrogen-bond donors (Lipinski definition) is 4. The molecule has 0 saturated heterocycles. The van der Waals surface area contributed by atoms with Gasteiger partial charge in [-0.1, -0.05) is 25.1 Å². The topological polar surface area (TPSA) is 69.0 Å². The number of anilines is 2. The number of para-hydroxylation sites is 1. The first-order chi connectivity index (χ1) is 12.7. The van der Waals surface area contributed by atoms with E-state index >= 15 is 0 Å². The van der Waals surface area contributed by atoms with Crippen molar-refractivity contribution >= 4 is 28.3 Å². The molecule has 4 rings (SSSR count). The molecule has 1 atom stereocenters. The Morgan fingerprint density at radius 2 is 1.92 bits per heavy atom. The fourth-order valence-electron chi connectivity index (χ4n) is 3.77. The number of hydrogen-bond acceptors (Lipinski definition) is 2. The zero-order chi connectivity index (χ0) is 17.9. The van der Waals surface area contributed by atoms with E-state index in [9.17, 15) is 4.79 Å². The summed E-state index contributed by atoms with van der Waals surface area (Å²) in [6.07, 6.45) is 3.26. The lowest BCUT2D eigenvalue weighted by Gasteiger charge is -2.23. The summed E-state index contributed by atoms with van der Waals surface area (Å²) < 4.78 is 0. The van der Waals surface area contributed by atoms with Crippen LogP contribution >= 0.6 is 0 Å². The number of aryl methyl sites for hydroxylation is 1. The van der Waals surface area contributed by atoms with E-state index in [0.717, 1.165) is 42.7 Å². The van der Waals surface area contributed by atoms with Gasteiger partial charge in [-0.15, -0.1) is 0 Å². The Bertz CT molecular complexity index is 916. The lowest BCUT2D eigenvalue weighted by atomic mass is 9.91. The van der Waals surface area contributed by atoms with Crippen LogP contribution in [0.25, 0.3) is 10.9 Å². The van der Waals surface area contributed by atoms with Gasteiger partial charge in [0.1, 0.15) is 0 Å². The summed E-state index contributed by atoms with van der Waals surface area (Å²) in [4.78, 5) is 15.8. The number of nitrogens with one attached hydrogen (secondary N) is 4. The van der Waals surface area contributed by atoms with E-state index in [2.05, 4.69) is 33.9 Å². The second kappa shape index (κ2) is 7.22. The average Bonchev–Trinajstić information content (AvgIpc) is 3.00. The molecule has 0 spiro atoms. The average molecular weight is 348 g/mol. The lowest BCUT2D eigenvalue weighted by Crippen LogP contribution is -2.34. The van der Waals surface area contributed by atoms with E-state index in [0.29, 0.717) is 6.04 Å². The summed E-state index contributed by atoms with van der Waals surface area (Å²) in [5, 5.41) is 10.6.